The van der Waals surface area contributed by atoms with E-state index in [9.17, 15) is 0 Å². The zero-order valence-corrected chi connectivity index (χ0v) is 7.96. The summed E-state index contributed by atoms with van der Waals surface area (Å²) in [6.07, 6.45) is 0. The molecule has 0 saturated carbocycles. The molecule has 11 N–H and O–H groups in total. The number of nitrogens with two attached hydrogens (primary N) is 3. The van der Waals surface area contributed by atoms with Gasteiger partial charge in [0.2, 0.25) is 0 Å². The van der Waals surface area contributed by atoms with Gasteiger partial charge in [0, 0.05) is 0 Å². The van der Waals surface area contributed by atoms with Crippen molar-refractivity contribution in [3.63, 3.8) is 0 Å². The third-order valence-electron chi connectivity index (χ3n) is 0. The minimum atomic E-state index is -1.50. The molecule has 0 rings (SSSR count). The van der Waals surface area contributed by atoms with E-state index in [1.165, 1.54) is 0 Å². The first-order chi connectivity index (χ1) is 6.46. The van der Waals surface area contributed by atoms with Crippen molar-refractivity contribution in [3.8, 4) is 0 Å². The molecule has 0 spiro atoms. The molecule has 0 heterocycles. The molecule has 0 saturated heterocycles. The van der Waals surface area contributed by atoms with E-state index in [1.807, 2.05) is 0 Å². The van der Waals surface area contributed by atoms with Crippen LogP contribution in [0, 0.1) is 20.2 Å². The molecule has 1 radical (unpaired) electrons. The number of hydrogen-bond donors (Lipinski definition) is 5. The van der Waals surface area contributed by atoms with E-state index in [2.05, 4.69) is 17.5 Å². The average molecular weight is 278 g/mol. The fourth-order valence-corrected chi connectivity index (χ4v) is 0. The topological polar surface area (TPSA) is 276 Å². The van der Waals surface area contributed by atoms with E-state index in [-0.39, 0.29) is 16.5 Å². The molecule has 97 valence electrons. The molecule has 0 aromatic carbocycles. The van der Waals surface area contributed by atoms with Gasteiger partial charge in [-0.3, -0.25) is 0 Å². The fourth-order valence-electron chi connectivity index (χ4n) is 0. The van der Waals surface area contributed by atoms with Gasteiger partial charge in [-0.15, -0.1) is 20.2 Å². The van der Waals surface area contributed by atoms with Crippen molar-refractivity contribution >= 4 is 0 Å². The molecule has 0 atom stereocenters. The molecule has 0 aromatic heterocycles. The summed E-state index contributed by atoms with van der Waals surface area (Å²) in [5.41, 5.74) is 0. The molecular weight excluding hydrogens is 267 g/mol. The molecule has 0 aliphatic heterocycles. The van der Waals surface area contributed by atoms with Crippen molar-refractivity contribution in [3.05, 3.63) is 37.8 Å². The summed E-state index contributed by atoms with van der Waals surface area (Å²) in [5, 5.41) is 27.3. The number of rotatable bonds is 0. The van der Waals surface area contributed by atoms with Crippen LogP contribution in [-0.4, -0.2) is 20.6 Å². The summed E-state index contributed by atoms with van der Waals surface area (Å²) in [4.78, 5) is 16.7. The molecular formula is H11N8NiO6. The maximum absolute atomic E-state index is 8.36. The summed E-state index contributed by atoms with van der Waals surface area (Å²) in [6, 6.07) is 0. The first kappa shape index (κ1) is 37.3. The van der Waals surface area contributed by atoms with Gasteiger partial charge in [0.1, 0.15) is 0 Å². The van der Waals surface area contributed by atoms with Gasteiger partial charge in [0.25, 0.3) is 10.2 Å². The van der Waals surface area contributed by atoms with Crippen LogP contribution in [0.25, 0.3) is 17.5 Å². The van der Waals surface area contributed by atoms with Crippen molar-refractivity contribution in [2.24, 2.45) is 17.5 Å². The Labute approximate surface area is 93.2 Å². The molecule has 0 aliphatic carbocycles. The standard InChI is InChI=1S/3H3N2.2HNO3.Ni/c3*1-2;2*2-1(3)4;/h3*1H,2H2;2*(H,2,3,4);/q3*-1;;;+3. The van der Waals surface area contributed by atoms with Crippen LogP contribution < -0.4 is 17.5 Å². The summed E-state index contributed by atoms with van der Waals surface area (Å²) in [7, 11) is 0. The second kappa shape index (κ2) is 79.4. The van der Waals surface area contributed by atoms with E-state index < -0.39 is 10.2 Å². The van der Waals surface area contributed by atoms with Crippen molar-refractivity contribution in [1.29, 1.82) is 0 Å². The Morgan fingerprint density at radius 3 is 0.800 bits per heavy atom. The van der Waals surface area contributed by atoms with E-state index in [4.69, 9.17) is 48.2 Å². The third kappa shape index (κ3) is 792. The number of nitrogens with one attached hydrogen (secondary N) is 3. The van der Waals surface area contributed by atoms with Crippen LogP contribution in [-0.2, 0) is 16.5 Å². The van der Waals surface area contributed by atoms with Gasteiger partial charge in [-0.05, 0) is 0 Å². The van der Waals surface area contributed by atoms with Crippen molar-refractivity contribution in [1.82, 2.24) is 0 Å². The predicted molar refractivity (Wildman–Crippen MR) is 43.1 cm³/mol. The second-order valence-corrected chi connectivity index (χ2v) is 0.476. The third-order valence-corrected chi connectivity index (χ3v) is 0. The van der Waals surface area contributed by atoms with Gasteiger partial charge in [0.15, 0.2) is 0 Å². The van der Waals surface area contributed by atoms with E-state index in [1.54, 1.807) is 0 Å². The van der Waals surface area contributed by atoms with Crippen molar-refractivity contribution in [2.45, 2.75) is 0 Å². The molecule has 14 nitrogen and oxygen atoms in total. The van der Waals surface area contributed by atoms with Crippen molar-refractivity contribution < 1.29 is 37.1 Å². The van der Waals surface area contributed by atoms with Crippen LogP contribution in [0.3, 0.4) is 0 Å². The zero-order chi connectivity index (χ0) is 13.2. The maximum atomic E-state index is 8.36. The zero-order valence-electron chi connectivity index (χ0n) is 6.97. The summed E-state index contributed by atoms with van der Waals surface area (Å²) in [5.74, 6) is 27.0. The van der Waals surface area contributed by atoms with Gasteiger partial charge in [0.05, 0.1) is 0 Å². The minimum Gasteiger partial charge on any atom is -0.615 e. The predicted octanol–water partition coefficient (Wildman–Crippen LogP) is -0.961. The summed E-state index contributed by atoms with van der Waals surface area (Å²) in [6.45, 7) is 0. The van der Waals surface area contributed by atoms with Crippen LogP contribution >= 0.6 is 0 Å². The van der Waals surface area contributed by atoms with Gasteiger partial charge < -0.3 is 45.5 Å². The first-order valence-corrected chi connectivity index (χ1v) is 2.00. The van der Waals surface area contributed by atoms with Crippen LogP contribution in [0.1, 0.15) is 0 Å². The normalized spacial score (nSPS) is 4.40. The summed E-state index contributed by atoms with van der Waals surface area (Å²) < 4.78 is 0. The fraction of sp³-hybridized carbons (Fsp3) is 0. The van der Waals surface area contributed by atoms with E-state index >= 15 is 0 Å². The average Bonchev–Trinajstić information content (AvgIpc) is 2.12. The van der Waals surface area contributed by atoms with E-state index in [0.717, 1.165) is 0 Å². The Morgan fingerprint density at radius 2 is 0.800 bits per heavy atom. The van der Waals surface area contributed by atoms with Crippen LogP contribution in [0.15, 0.2) is 0 Å². The minimum absolute atomic E-state index is 0. The number of hydrogen-bond acceptors (Lipinski definition) is 7. The van der Waals surface area contributed by atoms with Gasteiger partial charge in [-0.2, -0.15) is 0 Å². The second-order valence-electron chi connectivity index (χ2n) is 0.476. The first-order valence-electron chi connectivity index (χ1n) is 2.00. The van der Waals surface area contributed by atoms with Gasteiger partial charge in [-0.25, -0.2) is 0 Å². The molecule has 0 aliphatic rings. The smallest absolute Gasteiger partial charge is 0.615 e. The quantitative estimate of drug-likeness (QED) is 0.157. The molecule has 15 heavy (non-hydrogen) atoms. The van der Waals surface area contributed by atoms with Crippen LogP contribution in [0.4, 0.5) is 0 Å². The Hall–Kier alpha value is -1.35. The Balaban J connectivity index is -0.0000000175. The van der Waals surface area contributed by atoms with E-state index in [0.29, 0.717) is 0 Å². The Morgan fingerprint density at radius 1 is 0.800 bits per heavy atom. The Bertz CT molecular complexity index is 77.1. The largest absolute Gasteiger partial charge is 3.00 e. The molecule has 15 heteroatoms. The van der Waals surface area contributed by atoms with Crippen LogP contribution in [0.2, 0.25) is 0 Å². The maximum Gasteiger partial charge on any atom is 3.00 e. The molecule has 0 bridgehead atoms. The summed E-state index contributed by atoms with van der Waals surface area (Å²) >= 11 is 0. The van der Waals surface area contributed by atoms with Crippen LogP contribution in [0.5, 0.6) is 0 Å². The number of nitrogens with zero attached hydrogens (tertiary/aromatic N) is 2. The molecule has 0 amide bonds. The molecule has 0 fully saturated rings. The van der Waals surface area contributed by atoms with Gasteiger partial charge in [-0.1, -0.05) is 0 Å². The molecule has 0 aromatic rings. The monoisotopic (exact) mass is 277 g/mol. The van der Waals surface area contributed by atoms with Crippen molar-refractivity contribution in [2.75, 3.05) is 0 Å². The Kier molecular flexibility index (Phi) is 197. The SMILES string of the molecule is O=[N+]([O-])O.O=[N+]([O-])O.[NH-]N.[NH-]N.[NH-]N.[Ni+3]. The van der Waals surface area contributed by atoms with Gasteiger partial charge >= 0.3 is 16.5 Å². The molecule has 0 unspecified atom stereocenters.